The second-order valence-electron chi connectivity index (χ2n) is 3.11. The van der Waals surface area contributed by atoms with Gasteiger partial charge in [0.2, 0.25) is 0 Å². The van der Waals surface area contributed by atoms with Crippen molar-refractivity contribution in [3.63, 3.8) is 0 Å². The molecule has 1 aromatic rings. The number of para-hydroxylation sites is 1. The number of anilines is 1. The second kappa shape index (κ2) is 5.62. The third kappa shape index (κ3) is 2.72. The first-order chi connectivity index (χ1) is 6.79. The molecule has 0 fully saturated rings. The lowest BCUT2D eigenvalue weighted by molar-refractivity contribution is 0.129. The zero-order valence-electron chi connectivity index (χ0n) is 8.43. The Morgan fingerprint density at radius 1 is 1.29 bits per heavy atom. The zero-order chi connectivity index (χ0) is 10.4. The summed E-state index contributed by atoms with van der Waals surface area (Å²) in [6.07, 6.45) is -0.227. The van der Waals surface area contributed by atoms with Crippen LogP contribution >= 0.6 is 0 Å². The average Bonchev–Trinajstić information content (AvgIpc) is 2.21. The number of rotatable bonds is 5. The lowest BCUT2D eigenvalue weighted by Crippen LogP contribution is -2.35. The Labute approximate surface area is 84.6 Å². The van der Waals surface area contributed by atoms with E-state index in [2.05, 4.69) is 0 Å². The van der Waals surface area contributed by atoms with Crippen LogP contribution in [0.15, 0.2) is 30.3 Å². The van der Waals surface area contributed by atoms with Gasteiger partial charge in [0.15, 0.2) is 0 Å². The molecule has 0 unspecified atom stereocenters. The van der Waals surface area contributed by atoms with Crippen LogP contribution in [0.1, 0.15) is 13.3 Å². The summed E-state index contributed by atoms with van der Waals surface area (Å²) in [6.45, 7) is 2.71. The molecule has 0 spiro atoms. The molecule has 78 valence electrons. The van der Waals surface area contributed by atoms with Gasteiger partial charge < -0.3 is 15.1 Å². The largest absolute Gasteiger partial charge is 0.396 e. The molecule has 0 aliphatic heterocycles. The van der Waals surface area contributed by atoms with Gasteiger partial charge in [0, 0.05) is 25.3 Å². The number of nitrogens with zero attached hydrogens (tertiary/aromatic N) is 1. The van der Waals surface area contributed by atoms with Crippen LogP contribution in [0.5, 0.6) is 0 Å². The van der Waals surface area contributed by atoms with E-state index in [1.807, 2.05) is 42.2 Å². The summed E-state index contributed by atoms with van der Waals surface area (Å²) in [5.74, 6) is 0. The van der Waals surface area contributed by atoms with Gasteiger partial charge in [0.1, 0.15) is 6.23 Å². The highest BCUT2D eigenvalue weighted by Crippen LogP contribution is 2.16. The molecule has 1 rings (SSSR count). The number of benzene rings is 1. The molecule has 2 N–H and O–H groups in total. The molecule has 0 radical (unpaired) electrons. The van der Waals surface area contributed by atoms with E-state index >= 15 is 0 Å². The Morgan fingerprint density at radius 3 is 2.43 bits per heavy atom. The zero-order valence-corrected chi connectivity index (χ0v) is 8.43. The summed E-state index contributed by atoms with van der Waals surface area (Å²) in [5, 5.41) is 18.5. The van der Waals surface area contributed by atoms with Crippen molar-refractivity contribution in [2.45, 2.75) is 19.6 Å². The average molecular weight is 195 g/mol. The summed E-state index contributed by atoms with van der Waals surface area (Å²) >= 11 is 0. The van der Waals surface area contributed by atoms with Gasteiger partial charge in [0.05, 0.1) is 0 Å². The lowest BCUT2D eigenvalue weighted by atomic mass is 10.2. The van der Waals surface area contributed by atoms with Crippen molar-refractivity contribution in [3.05, 3.63) is 30.3 Å². The molecule has 0 aliphatic carbocycles. The predicted molar refractivity (Wildman–Crippen MR) is 57.2 cm³/mol. The molecule has 3 nitrogen and oxygen atoms in total. The molecule has 0 aliphatic rings. The molecule has 14 heavy (non-hydrogen) atoms. The third-order valence-corrected chi connectivity index (χ3v) is 2.18. The van der Waals surface area contributed by atoms with E-state index in [1.165, 1.54) is 0 Å². The Morgan fingerprint density at radius 2 is 1.93 bits per heavy atom. The minimum Gasteiger partial charge on any atom is -0.396 e. The van der Waals surface area contributed by atoms with Crippen molar-refractivity contribution >= 4 is 5.69 Å². The summed E-state index contributed by atoms with van der Waals surface area (Å²) in [4.78, 5) is 1.86. The van der Waals surface area contributed by atoms with Crippen LogP contribution < -0.4 is 4.90 Å². The fraction of sp³-hybridized carbons (Fsp3) is 0.455. The molecule has 0 saturated carbocycles. The van der Waals surface area contributed by atoms with Crippen molar-refractivity contribution < 1.29 is 10.2 Å². The SMILES string of the molecule is CCN(c1ccccc1)[C@@H](O)CCO. The first-order valence-corrected chi connectivity index (χ1v) is 4.90. The van der Waals surface area contributed by atoms with E-state index < -0.39 is 6.23 Å². The molecular formula is C11H17NO2. The summed E-state index contributed by atoms with van der Waals surface area (Å²) in [7, 11) is 0. The summed E-state index contributed by atoms with van der Waals surface area (Å²) in [6, 6.07) is 9.71. The van der Waals surface area contributed by atoms with E-state index in [4.69, 9.17) is 5.11 Å². The van der Waals surface area contributed by atoms with E-state index in [0.29, 0.717) is 6.42 Å². The molecule has 1 atom stereocenters. The van der Waals surface area contributed by atoms with Gasteiger partial charge in [-0.25, -0.2) is 0 Å². The Hall–Kier alpha value is -1.06. The molecular weight excluding hydrogens is 178 g/mol. The Balaban J connectivity index is 2.71. The number of hydrogen-bond acceptors (Lipinski definition) is 3. The molecule has 0 heterocycles. The molecule has 0 bridgehead atoms. The fourth-order valence-electron chi connectivity index (χ4n) is 1.46. The molecule has 3 heteroatoms. The van der Waals surface area contributed by atoms with Crippen molar-refractivity contribution in [2.24, 2.45) is 0 Å². The fourth-order valence-corrected chi connectivity index (χ4v) is 1.46. The summed E-state index contributed by atoms with van der Waals surface area (Å²) < 4.78 is 0. The highest BCUT2D eigenvalue weighted by Gasteiger charge is 2.12. The van der Waals surface area contributed by atoms with Crippen molar-refractivity contribution in [3.8, 4) is 0 Å². The van der Waals surface area contributed by atoms with Gasteiger partial charge in [-0.1, -0.05) is 18.2 Å². The standard InChI is InChI=1S/C11H17NO2/c1-2-12(11(14)8-9-13)10-6-4-3-5-7-10/h3-7,11,13-14H,2,8-9H2,1H3/t11-/m0/s1. The normalized spacial score (nSPS) is 12.5. The topological polar surface area (TPSA) is 43.7 Å². The van der Waals surface area contributed by atoms with Crippen LogP contribution in [0.25, 0.3) is 0 Å². The first kappa shape index (κ1) is 11.0. The number of hydrogen-bond donors (Lipinski definition) is 2. The monoisotopic (exact) mass is 195 g/mol. The maximum absolute atomic E-state index is 9.73. The van der Waals surface area contributed by atoms with Crippen molar-refractivity contribution in [1.82, 2.24) is 0 Å². The van der Waals surface area contributed by atoms with E-state index in [-0.39, 0.29) is 6.61 Å². The Kier molecular flexibility index (Phi) is 4.43. The highest BCUT2D eigenvalue weighted by molar-refractivity contribution is 5.46. The van der Waals surface area contributed by atoms with Crippen LogP contribution in [-0.2, 0) is 0 Å². The van der Waals surface area contributed by atoms with Gasteiger partial charge in [-0.2, -0.15) is 0 Å². The van der Waals surface area contributed by atoms with E-state index in [1.54, 1.807) is 0 Å². The molecule has 1 aromatic carbocycles. The van der Waals surface area contributed by atoms with Crippen LogP contribution in [-0.4, -0.2) is 29.6 Å². The molecule has 0 saturated heterocycles. The lowest BCUT2D eigenvalue weighted by Gasteiger charge is -2.28. The van der Waals surface area contributed by atoms with Crippen molar-refractivity contribution in [1.29, 1.82) is 0 Å². The minimum atomic E-state index is -0.604. The van der Waals surface area contributed by atoms with Gasteiger partial charge in [0.25, 0.3) is 0 Å². The Bertz CT molecular complexity index is 251. The number of aliphatic hydroxyl groups is 2. The van der Waals surface area contributed by atoms with Crippen LogP contribution in [0.2, 0.25) is 0 Å². The second-order valence-corrected chi connectivity index (χ2v) is 3.11. The molecule has 0 aromatic heterocycles. The van der Waals surface area contributed by atoms with Gasteiger partial charge in [-0.3, -0.25) is 0 Å². The van der Waals surface area contributed by atoms with Crippen LogP contribution in [0.3, 0.4) is 0 Å². The third-order valence-electron chi connectivity index (χ3n) is 2.18. The predicted octanol–water partition coefficient (Wildman–Crippen LogP) is 1.21. The van der Waals surface area contributed by atoms with Gasteiger partial charge >= 0.3 is 0 Å². The quantitative estimate of drug-likeness (QED) is 0.694. The van der Waals surface area contributed by atoms with Crippen LogP contribution in [0, 0.1) is 0 Å². The molecule has 0 amide bonds. The van der Waals surface area contributed by atoms with Crippen LogP contribution in [0.4, 0.5) is 5.69 Å². The van der Waals surface area contributed by atoms with Gasteiger partial charge in [-0.15, -0.1) is 0 Å². The first-order valence-electron chi connectivity index (χ1n) is 4.90. The van der Waals surface area contributed by atoms with Crippen molar-refractivity contribution in [2.75, 3.05) is 18.1 Å². The number of aliphatic hydroxyl groups excluding tert-OH is 2. The highest BCUT2D eigenvalue weighted by atomic mass is 16.3. The van der Waals surface area contributed by atoms with E-state index in [9.17, 15) is 5.11 Å². The van der Waals surface area contributed by atoms with Gasteiger partial charge in [-0.05, 0) is 19.1 Å². The maximum Gasteiger partial charge on any atom is 0.129 e. The summed E-state index contributed by atoms with van der Waals surface area (Å²) in [5.41, 5.74) is 0.982. The van der Waals surface area contributed by atoms with E-state index in [0.717, 1.165) is 12.2 Å². The maximum atomic E-state index is 9.73. The minimum absolute atomic E-state index is 0.00446. The smallest absolute Gasteiger partial charge is 0.129 e.